The van der Waals surface area contributed by atoms with Gasteiger partial charge in [0.1, 0.15) is 0 Å². The van der Waals surface area contributed by atoms with Crippen LogP contribution in [0.15, 0.2) is 55.0 Å². The Balaban J connectivity index is 1.60. The fourth-order valence-corrected chi connectivity index (χ4v) is 2.31. The van der Waals surface area contributed by atoms with Crippen molar-refractivity contribution in [2.75, 3.05) is 5.32 Å². The van der Waals surface area contributed by atoms with Crippen LogP contribution in [0.3, 0.4) is 0 Å². The molecule has 0 fully saturated rings. The maximum Gasteiger partial charge on any atom is 0.248 e. The summed E-state index contributed by atoms with van der Waals surface area (Å²) in [5.41, 5.74) is 3.76. The lowest BCUT2D eigenvalue weighted by Crippen LogP contribution is -2.07. The Morgan fingerprint density at radius 3 is 2.71 bits per heavy atom. The standard InChI is InChI=1S/C18H19N5O/c1-14-16(10-19-22(14)2)8-9-18(24)21-17-11-20-23(13-17)12-15-6-4-3-5-7-15/h3-11,13H,12H2,1-2H3,(H,21,24)/b9-8-. The molecule has 24 heavy (non-hydrogen) atoms. The Hall–Kier alpha value is -3.15. The second-order valence-corrected chi connectivity index (χ2v) is 5.54. The van der Waals surface area contributed by atoms with Crippen molar-refractivity contribution in [1.82, 2.24) is 19.6 Å². The monoisotopic (exact) mass is 321 g/mol. The van der Waals surface area contributed by atoms with Crippen LogP contribution in [-0.2, 0) is 18.4 Å². The third kappa shape index (κ3) is 3.78. The molecule has 122 valence electrons. The summed E-state index contributed by atoms with van der Waals surface area (Å²) in [7, 11) is 1.87. The highest BCUT2D eigenvalue weighted by atomic mass is 16.1. The van der Waals surface area contributed by atoms with E-state index in [4.69, 9.17) is 0 Å². The lowest BCUT2D eigenvalue weighted by Gasteiger charge is -2.01. The predicted octanol–water partition coefficient (Wildman–Crippen LogP) is 2.63. The normalized spacial score (nSPS) is 11.1. The first-order valence-corrected chi connectivity index (χ1v) is 7.66. The molecule has 0 aliphatic carbocycles. The van der Waals surface area contributed by atoms with E-state index in [2.05, 4.69) is 15.5 Å². The quantitative estimate of drug-likeness (QED) is 0.735. The van der Waals surface area contributed by atoms with Crippen molar-refractivity contribution in [3.63, 3.8) is 0 Å². The third-order valence-corrected chi connectivity index (χ3v) is 3.78. The van der Waals surface area contributed by atoms with Crippen LogP contribution in [0.2, 0.25) is 0 Å². The van der Waals surface area contributed by atoms with Crippen molar-refractivity contribution in [2.45, 2.75) is 13.5 Å². The Morgan fingerprint density at radius 1 is 1.21 bits per heavy atom. The second-order valence-electron chi connectivity index (χ2n) is 5.54. The van der Waals surface area contributed by atoms with E-state index in [0.717, 1.165) is 16.8 Å². The molecule has 0 aliphatic heterocycles. The van der Waals surface area contributed by atoms with Gasteiger partial charge in [-0.3, -0.25) is 14.2 Å². The Bertz CT molecular complexity index is 861. The molecule has 0 saturated heterocycles. The average molecular weight is 321 g/mol. The molecular formula is C18H19N5O. The van der Waals surface area contributed by atoms with Crippen molar-refractivity contribution < 1.29 is 4.79 Å². The van der Waals surface area contributed by atoms with Crippen LogP contribution >= 0.6 is 0 Å². The molecule has 0 bridgehead atoms. The molecule has 3 aromatic rings. The molecule has 3 rings (SSSR count). The summed E-state index contributed by atoms with van der Waals surface area (Å²) in [4.78, 5) is 12.0. The van der Waals surface area contributed by atoms with Crippen molar-refractivity contribution in [3.05, 3.63) is 71.8 Å². The van der Waals surface area contributed by atoms with Gasteiger partial charge in [0.05, 0.1) is 24.6 Å². The molecule has 1 N–H and O–H groups in total. The van der Waals surface area contributed by atoms with Gasteiger partial charge < -0.3 is 5.32 Å². The van der Waals surface area contributed by atoms with E-state index in [9.17, 15) is 4.79 Å². The van der Waals surface area contributed by atoms with Gasteiger partial charge in [-0.1, -0.05) is 30.3 Å². The van der Waals surface area contributed by atoms with Crippen LogP contribution in [0.1, 0.15) is 16.8 Å². The smallest absolute Gasteiger partial charge is 0.248 e. The summed E-state index contributed by atoms with van der Waals surface area (Å²) < 4.78 is 3.56. The van der Waals surface area contributed by atoms with Gasteiger partial charge in [0.2, 0.25) is 5.91 Å². The van der Waals surface area contributed by atoms with Crippen molar-refractivity contribution in [3.8, 4) is 0 Å². The summed E-state index contributed by atoms with van der Waals surface area (Å²) in [6.07, 6.45) is 8.44. The minimum atomic E-state index is -0.197. The SMILES string of the molecule is Cc1c(/C=C\C(=O)Nc2cnn(Cc3ccccc3)c2)cnn1C. The van der Waals surface area contributed by atoms with Gasteiger partial charge in [0.15, 0.2) is 0 Å². The molecule has 0 spiro atoms. The zero-order chi connectivity index (χ0) is 16.9. The molecule has 1 aromatic carbocycles. The Labute approximate surface area is 140 Å². The first kappa shape index (κ1) is 15.7. The van der Waals surface area contributed by atoms with E-state index < -0.39 is 0 Å². The van der Waals surface area contributed by atoms with Gasteiger partial charge in [0.25, 0.3) is 0 Å². The van der Waals surface area contributed by atoms with Gasteiger partial charge in [-0.05, 0) is 18.6 Å². The van der Waals surface area contributed by atoms with Crippen LogP contribution in [-0.4, -0.2) is 25.5 Å². The van der Waals surface area contributed by atoms with Crippen LogP contribution in [0, 0.1) is 6.92 Å². The highest BCUT2D eigenvalue weighted by molar-refractivity contribution is 6.01. The number of nitrogens with one attached hydrogen (secondary N) is 1. The first-order chi connectivity index (χ1) is 11.6. The molecule has 0 atom stereocenters. The molecule has 0 radical (unpaired) electrons. The lowest BCUT2D eigenvalue weighted by molar-refractivity contribution is -0.111. The molecular weight excluding hydrogens is 302 g/mol. The lowest BCUT2D eigenvalue weighted by atomic mass is 10.2. The fourth-order valence-electron chi connectivity index (χ4n) is 2.31. The average Bonchev–Trinajstić information content (AvgIpc) is 3.14. The molecule has 0 saturated carbocycles. The molecule has 6 nitrogen and oxygen atoms in total. The van der Waals surface area contributed by atoms with Crippen molar-refractivity contribution in [2.24, 2.45) is 7.05 Å². The number of hydrogen-bond acceptors (Lipinski definition) is 3. The topological polar surface area (TPSA) is 64.7 Å². The van der Waals surface area contributed by atoms with Crippen LogP contribution in [0.25, 0.3) is 6.08 Å². The molecule has 0 aliphatic rings. The number of hydrogen-bond donors (Lipinski definition) is 1. The van der Waals surface area contributed by atoms with Gasteiger partial charge in [0, 0.05) is 30.6 Å². The van der Waals surface area contributed by atoms with Crippen LogP contribution in [0.5, 0.6) is 0 Å². The first-order valence-electron chi connectivity index (χ1n) is 7.66. The van der Waals surface area contributed by atoms with Gasteiger partial charge in [-0.15, -0.1) is 0 Å². The summed E-state index contributed by atoms with van der Waals surface area (Å²) in [6.45, 7) is 2.62. The third-order valence-electron chi connectivity index (χ3n) is 3.78. The summed E-state index contributed by atoms with van der Waals surface area (Å²) >= 11 is 0. The van der Waals surface area contributed by atoms with Crippen LogP contribution < -0.4 is 5.32 Å². The van der Waals surface area contributed by atoms with Crippen molar-refractivity contribution >= 4 is 17.7 Å². The van der Waals surface area contributed by atoms with Gasteiger partial charge in [-0.2, -0.15) is 10.2 Å². The number of amides is 1. The highest BCUT2D eigenvalue weighted by Gasteiger charge is 2.04. The number of benzene rings is 1. The number of carbonyl (C=O) groups excluding carboxylic acids is 1. The highest BCUT2D eigenvalue weighted by Crippen LogP contribution is 2.10. The van der Waals surface area contributed by atoms with Gasteiger partial charge in [-0.25, -0.2) is 0 Å². The van der Waals surface area contributed by atoms with E-state index in [1.54, 1.807) is 27.8 Å². The van der Waals surface area contributed by atoms with E-state index in [-0.39, 0.29) is 5.91 Å². The Morgan fingerprint density at radius 2 is 2.00 bits per heavy atom. The largest absolute Gasteiger partial charge is 0.320 e. The molecule has 0 unspecified atom stereocenters. The molecule has 1 amide bonds. The van der Waals surface area contributed by atoms with E-state index in [1.165, 1.54) is 6.08 Å². The number of aromatic nitrogens is 4. The molecule has 2 aromatic heterocycles. The van der Waals surface area contributed by atoms with Crippen LogP contribution in [0.4, 0.5) is 5.69 Å². The fraction of sp³-hybridized carbons (Fsp3) is 0.167. The summed E-state index contributed by atoms with van der Waals surface area (Å²) in [5, 5.41) is 11.2. The van der Waals surface area contributed by atoms with E-state index >= 15 is 0 Å². The predicted molar refractivity (Wildman–Crippen MR) is 93.4 cm³/mol. The van der Waals surface area contributed by atoms with E-state index in [1.807, 2.05) is 50.5 Å². The molecule has 2 heterocycles. The number of nitrogens with zero attached hydrogens (tertiary/aromatic N) is 4. The minimum absolute atomic E-state index is 0.197. The Kier molecular flexibility index (Phi) is 4.56. The molecule has 6 heteroatoms. The van der Waals surface area contributed by atoms with Crippen molar-refractivity contribution in [1.29, 1.82) is 0 Å². The number of aryl methyl sites for hydroxylation is 1. The number of rotatable bonds is 5. The zero-order valence-electron chi connectivity index (χ0n) is 13.7. The number of carbonyl (C=O) groups is 1. The maximum atomic E-state index is 12.0. The number of anilines is 1. The second kappa shape index (κ2) is 6.95. The summed E-state index contributed by atoms with van der Waals surface area (Å²) in [5.74, 6) is -0.197. The summed E-state index contributed by atoms with van der Waals surface area (Å²) in [6, 6.07) is 10.0. The zero-order valence-corrected chi connectivity index (χ0v) is 13.7. The van der Waals surface area contributed by atoms with E-state index in [0.29, 0.717) is 12.2 Å². The minimum Gasteiger partial charge on any atom is -0.320 e. The maximum absolute atomic E-state index is 12.0. The van der Waals surface area contributed by atoms with Gasteiger partial charge >= 0.3 is 0 Å².